The molecule has 4 nitrogen and oxygen atoms in total. The molecule has 1 aromatic heterocycles. The number of carbonyl (C=O) groups excluding carboxylic acids is 1. The van der Waals surface area contributed by atoms with E-state index >= 15 is 0 Å². The van der Waals surface area contributed by atoms with Crippen molar-refractivity contribution in [3.8, 4) is 0 Å². The number of amides is 2. The number of hydrogen-bond acceptors (Lipinski definition) is 3. The third kappa shape index (κ3) is 2.49. The first-order valence-corrected chi connectivity index (χ1v) is 5.83. The highest BCUT2D eigenvalue weighted by Gasteiger charge is 2.29. The molecule has 0 aliphatic carbocycles. The maximum atomic E-state index is 11.5. The van der Waals surface area contributed by atoms with E-state index in [1.807, 2.05) is 17.5 Å². The Hall–Kier alpha value is -1.07. The fourth-order valence-corrected chi connectivity index (χ4v) is 2.18. The zero-order valence-electron chi connectivity index (χ0n) is 8.35. The van der Waals surface area contributed by atoms with E-state index in [2.05, 4.69) is 5.32 Å². The van der Waals surface area contributed by atoms with Gasteiger partial charge in [0.1, 0.15) is 0 Å². The summed E-state index contributed by atoms with van der Waals surface area (Å²) in [6, 6.07) is 3.93. The van der Waals surface area contributed by atoms with Crippen LogP contribution < -0.4 is 5.32 Å². The van der Waals surface area contributed by atoms with Gasteiger partial charge >= 0.3 is 6.03 Å². The molecule has 5 heteroatoms. The van der Waals surface area contributed by atoms with Gasteiger partial charge in [-0.25, -0.2) is 4.79 Å². The first kappa shape index (κ1) is 10.4. The lowest BCUT2D eigenvalue weighted by molar-refractivity contribution is 0.0775. The molecule has 0 saturated carbocycles. The number of hydrogen-bond donors (Lipinski definition) is 2. The SMILES string of the molecule is O=C(NCc1cccs1)N1CC(CO)C1. The van der Waals surface area contributed by atoms with Gasteiger partial charge < -0.3 is 15.3 Å². The fraction of sp³-hybridized carbons (Fsp3) is 0.500. The Balaban J connectivity index is 1.70. The van der Waals surface area contributed by atoms with Gasteiger partial charge in [0.25, 0.3) is 0 Å². The molecule has 1 aliphatic heterocycles. The second-order valence-electron chi connectivity index (χ2n) is 3.69. The summed E-state index contributed by atoms with van der Waals surface area (Å²) in [7, 11) is 0. The van der Waals surface area contributed by atoms with Crippen molar-refractivity contribution in [2.75, 3.05) is 19.7 Å². The third-order valence-electron chi connectivity index (χ3n) is 2.50. The van der Waals surface area contributed by atoms with E-state index in [1.165, 1.54) is 0 Å². The molecule has 15 heavy (non-hydrogen) atoms. The zero-order valence-corrected chi connectivity index (χ0v) is 9.17. The molecule has 0 atom stereocenters. The van der Waals surface area contributed by atoms with Crippen LogP contribution in [0.4, 0.5) is 4.79 Å². The average molecular weight is 226 g/mol. The second kappa shape index (κ2) is 4.63. The van der Waals surface area contributed by atoms with E-state index in [9.17, 15) is 4.79 Å². The van der Waals surface area contributed by atoms with E-state index in [0.29, 0.717) is 19.6 Å². The molecule has 2 heterocycles. The minimum Gasteiger partial charge on any atom is -0.396 e. The summed E-state index contributed by atoms with van der Waals surface area (Å²) < 4.78 is 0. The van der Waals surface area contributed by atoms with Gasteiger partial charge in [0.15, 0.2) is 0 Å². The van der Waals surface area contributed by atoms with Crippen LogP contribution >= 0.6 is 11.3 Å². The monoisotopic (exact) mass is 226 g/mol. The lowest BCUT2D eigenvalue weighted by Crippen LogP contribution is -2.54. The van der Waals surface area contributed by atoms with E-state index in [1.54, 1.807) is 16.2 Å². The molecule has 0 radical (unpaired) electrons. The van der Waals surface area contributed by atoms with Crippen LogP contribution in [-0.2, 0) is 6.54 Å². The molecule has 1 aliphatic rings. The lowest BCUT2D eigenvalue weighted by Gasteiger charge is -2.38. The number of aliphatic hydroxyl groups excluding tert-OH is 1. The third-order valence-corrected chi connectivity index (χ3v) is 3.37. The van der Waals surface area contributed by atoms with Crippen LogP contribution in [-0.4, -0.2) is 35.7 Å². The van der Waals surface area contributed by atoms with Gasteiger partial charge in [-0.2, -0.15) is 0 Å². The molecule has 0 unspecified atom stereocenters. The molecule has 2 rings (SSSR count). The Labute approximate surface area is 92.5 Å². The molecule has 1 aromatic rings. The van der Waals surface area contributed by atoms with Crippen LogP contribution in [0.3, 0.4) is 0 Å². The predicted molar refractivity (Wildman–Crippen MR) is 58.7 cm³/mol. The summed E-state index contributed by atoms with van der Waals surface area (Å²) in [5.74, 6) is 0.275. The van der Waals surface area contributed by atoms with Gasteiger partial charge in [-0.3, -0.25) is 0 Å². The van der Waals surface area contributed by atoms with Crippen LogP contribution in [0.5, 0.6) is 0 Å². The van der Waals surface area contributed by atoms with E-state index in [-0.39, 0.29) is 18.6 Å². The van der Waals surface area contributed by atoms with Crippen LogP contribution in [0.15, 0.2) is 17.5 Å². The van der Waals surface area contributed by atoms with Crippen molar-refractivity contribution in [3.63, 3.8) is 0 Å². The van der Waals surface area contributed by atoms with Crippen molar-refractivity contribution >= 4 is 17.4 Å². The summed E-state index contributed by atoms with van der Waals surface area (Å²) in [5, 5.41) is 13.6. The summed E-state index contributed by atoms with van der Waals surface area (Å²) in [4.78, 5) is 14.4. The number of thiophene rings is 1. The number of aliphatic hydroxyl groups is 1. The van der Waals surface area contributed by atoms with E-state index < -0.39 is 0 Å². The van der Waals surface area contributed by atoms with Crippen molar-refractivity contribution in [3.05, 3.63) is 22.4 Å². The average Bonchev–Trinajstić information content (AvgIpc) is 2.65. The Morgan fingerprint density at radius 2 is 2.47 bits per heavy atom. The van der Waals surface area contributed by atoms with Gasteiger partial charge in [0.2, 0.25) is 0 Å². The van der Waals surface area contributed by atoms with Gasteiger partial charge in [0, 0.05) is 30.5 Å². The smallest absolute Gasteiger partial charge is 0.317 e. The van der Waals surface area contributed by atoms with Crippen LogP contribution in [0.25, 0.3) is 0 Å². The number of rotatable bonds is 3. The number of nitrogens with zero attached hydrogens (tertiary/aromatic N) is 1. The topological polar surface area (TPSA) is 52.6 Å². The number of urea groups is 1. The number of carbonyl (C=O) groups is 1. The Morgan fingerprint density at radius 3 is 3.07 bits per heavy atom. The largest absolute Gasteiger partial charge is 0.396 e. The van der Waals surface area contributed by atoms with Crippen LogP contribution in [0.1, 0.15) is 4.88 Å². The van der Waals surface area contributed by atoms with Crippen LogP contribution in [0, 0.1) is 5.92 Å². The van der Waals surface area contributed by atoms with Crippen LogP contribution in [0.2, 0.25) is 0 Å². The van der Waals surface area contributed by atoms with E-state index in [0.717, 1.165) is 4.88 Å². The summed E-state index contributed by atoms with van der Waals surface area (Å²) in [5.41, 5.74) is 0. The highest BCUT2D eigenvalue weighted by molar-refractivity contribution is 7.09. The predicted octanol–water partition coefficient (Wildman–Crippen LogP) is 0.882. The van der Waals surface area contributed by atoms with Crippen molar-refractivity contribution in [1.29, 1.82) is 0 Å². The molecule has 82 valence electrons. The standard InChI is InChI=1S/C10H14N2O2S/c13-7-8-5-12(6-8)10(14)11-4-9-2-1-3-15-9/h1-3,8,13H,4-7H2,(H,11,14). The highest BCUT2D eigenvalue weighted by Crippen LogP contribution is 2.14. The number of nitrogens with one attached hydrogen (secondary N) is 1. The fourth-order valence-electron chi connectivity index (χ4n) is 1.54. The second-order valence-corrected chi connectivity index (χ2v) is 4.72. The van der Waals surface area contributed by atoms with Crippen molar-refractivity contribution < 1.29 is 9.90 Å². The molecule has 2 N–H and O–H groups in total. The Kier molecular flexibility index (Phi) is 3.23. The Bertz CT molecular complexity index is 320. The molecule has 1 saturated heterocycles. The van der Waals surface area contributed by atoms with Crippen molar-refractivity contribution in [1.82, 2.24) is 10.2 Å². The minimum absolute atomic E-state index is 0.0342. The van der Waals surface area contributed by atoms with Gasteiger partial charge in [0.05, 0.1) is 6.54 Å². The maximum absolute atomic E-state index is 11.5. The molecular formula is C10H14N2O2S. The first-order chi connectivity index (χ1) is 7.29. The highest BCUT2D eigenvalue weighted by atomic mass is 32.1. The maximum Gasteiger partial charge on any atom is 0.317 e. The molecule has 1 fully saturated rings. The lowest BCUT2D eigenvalue weighted by atomic mass is 10.0. The summed E-state index contributed by atoms with van der Waals surface area (Å²) in [6.07, 6.45) is 0. The molecule has 0 bridgehead atoms. The summed E-state index contributed by atoms with van der Waals surface area (Å²) >= 11 is 1.63. The van der Waals surface area contributed by atoms with Crippen molar-refractivity contribution in [2.24, 2.45) is 5.92 Å². The molecular weight excluding hydrogens is 212 g/mol. The van der Waals surface area contributed by atoms with Gasteiger partial charge in [-0.05, 0) is 11.4 Å². The van der Waals surface area contributed by atoms with Gasteiger partial charge in [-0.15, -0.1) is 11.3 Å². The quantitative estimate of drug-likeness (QED) is 0.804. The first-order valence-electron chi connectivity index (χ1n) is 4.95. The normalized spacial score (nSPS) is 16.2. The zero-order chi connectivity index (χ0) is 10.7. The van der Waals surface area contributed by atoms with E-state index in [4.69, 9.17) is 5.11 Å². The molecule has 0 aromatic carbocycles. The summed E-state index contributed by atoms with van der Waals surface area (Å²) in [6.45, 7) is 2.12. The Morgan fingerprint density at radius 1 is 1.67 bits per heavy atom. The van der Waals surface area contributed by atoms with Gasteiger partial charge in [-0.1, -0.05) is 6.07 Å². The molecule has 2 amide bonds. The number of likely N-dealkylation sites (tertiary alicyclic amines) is 1. The molecule has 0 spiro atoms. The van der Waals surface area contributed by atoms with Crippen molar-refractivity contribution in [2.45, 2.75) is 6.54 Å². The minimum atomic E-state index is -0.0342.